The first-order valence-electron chi connectivity index (χ1n) is 4.89. The Bertz CT molecular complexity index is 404. The number of benzene rings is 1. The Balaban J connectivity index is 2.14. The van der Waals surface area contributed by atoms with Crippen molar-refractivity contribution >= 4 is 34.2 Å². The Kier molecular flexibility index (Phi) is 3.22. The smallest absolute Gasteiger partial charge is 0.161 e. The van der Waals surface area contributed by atoms with Crippen LogP contribution in [0.2, 0.25) is 5.02 Å². The number of hydrogen-bond acceptors (Lipinski definition) is 3. The highest BCUT2D eigenvalue weighted by molar-refractivity contribution is 8.14. The summed E-state index contributed by atoms with van der Waals surface area (Å²) < 4.78 is 0. The summed E-state index contributed by atoms with van der Waals surface area (Å²) in [5.74, 6) is 1.05. The van der Waals surface area contributed by atoms with Gasteiger partial charge in [0.25, 0.3) is 0 Å². The van der Waals surface area contributed by atoms with E-state index in [1.165, 1.54) is 5.56 Å². The van der Waals surface area contributed by atoms with Crippen molar-refractivity contribution in [1.82, 2.24) is 0 Å². The molecule has 1 aliphatic heterocycles. The fourth-order valence-electron chi connectivity index (χ4n) is 1.38. The molecule has 2 rings (SSSR count). The maximum atomic E-state index is 6.12. The van der Waals surface area contributed by atoms with Gasteiger partial charge in [0.15, 0.2) is 5.17 Å². The summed E-state index contributed by atoms with van der Waals surface area (Å²) in [5, 5.41) is 4.96. The van der Waals surface area contributed by atoms with Crippen LogP contribution in [0.15, 0.2) is 23.2 Å². The SMILES string of the molecule is Cc1ccc(NC2=NC(C)CS2)c(Cl)c1. The van der Waals surface area contributed by atoms with Crippen LogP contribution in [0.25, 0.3) is 0 Å². The van der Waals surface area contributed by atoms with Crippen molar-refractivity contribution < 1.29 is 0 Å². The first-order chi connectivity index (χ1) is 7.15. The first kappa shape index (κ1) is 10.8. The van der Waals surface area contributed by atoms with Gasteiger partial charge in [-0.2, -0.15) is 0 Å². The van der Waals surface area contributed by atoms with Gasteiger partial charge in [-0.1, -0.05) is 29.4 Å². The number of thioether (sulfide) groups is 1. The van der Waals surface area contributed by atoms with Crippen molar-refractivity contribution in [3.05, 3.63) is 28.8 Å². The molecular formula is C11H13ClN2S. The predicted octanol–water partition coefficient (Wildman–Crippen LogP) is 3.55. The number of aryl methyl sites for hydroxylation is 1. The quantitative estimate of drug-likeness (QED) is 0.812. The second kappa shape index (κ2) is 4.45. The highest BCUT2D eigenvalue weighted by Crippen LogP contribution is 2.26. The van der Waals surface area contributed by atoms with Gasteiger partial charge in [0.2, 0.25) is 0 Å². The molecule has 0 aliphatic carbocycles. The minimum Gasteiger partial charge on any atom is -0.334 e. The van der Waals surface area contributed by atoms with Gasteiger partial charge in [-0.25, -0.2) is 0 Å². The molecule has 1 unspecified atom stereocenters. The van der Waals surface area contributed by atoms with E-state index < -0.39 is 0 Å². The molecule has 15 heavy (non-hydrogen) atoms. The highest BCUT2D eigenvalue weighted by Gasteiger charge is 2.14. The van der Waals surface area contributed by atoms with Crippen LogP contribution in [0.1, 0.15) is 12.5 Å². The lowest BCUT2D eigenvalue weighted by Crippen LogP contribution is -2.05. The van der Waals surface area contributed by atoms with E-state index in [0.29, 0.717) is 6.04 Å². The largest absolute Gasteiger partial charge is 0.334 e. The lowest BCUT2D eigenvalue weighted by Gasteiger charge is -2.07. The van der Waals surface area contributed by atoms with Crippen LogP contribution >= 0.6 is 23.4 Å². The molecule has 4 heteroatoms. The van der Waals surface area contributed by atoms with Crippen molar-refractivity contribution in [2.24, 2.45) is 4.99 Å². The third-order valence-corrected chi connectivity index (χ3v) is 3.61. The van der Waals surface area contributed by atoms with E-state index in [4.69, 9.17) is 11.6 Å². The lowest BCUT2D eigenvalue weighted by atomic mass is 10.2. The number of nitrogens with zero attached hydrogens (tertiary/aromatic N) is 1. The van der Waals surface area contributed by atoms with E-state index >= 15 is 0 Å². The Labute approximate surface area is 99.1 Å². The summed E-state index contributed by atoms with van der Waals surface area (Å²) in [6.45, 7) is 4.14. The minimum absolute atomic E-state index is 0.404. The van der Waals surface area contributed by atoms with Gasteiger partial charge in [-0.3, -0.25) is 4.99 Å². The normalized spacial score (nSPS) is 20.2. The van der Waals surface area contributed by atoms with E-state index in [2.05, 4.69) is 17.2 Å². The molecule has 0 radical (unpaired) electrons. The second-order valence-corrected chi connectivity index (χ2v) is 5.12. The van der Waals surface area contributed by atoms with E-state index in [0.717, 1.165) is 21.6 Å². The first-order valence-corrected chi connectivity index (χ1v) is 6.25. The molecule has 0 amide bonds. The predicted molar refractivity (Wildman–Crippen MR) is 69.2 cm³/mol. The van der Waals surface area contributed by atoms with Gasteiger partial charge in [0, 0.05) is 5.75 Å². The maximum absolute atomic E-state index is 6.12. The van der Waals surface area contributed by atoms with Crippen molar-refractivity contribution in [2.75, 3.05) is 11.1 Å². The van der Waals surface area contributed by atoms with E-state index in [1.54, 1.807) is 11.8 Å². The minimum atomic E-state index is 0.404. The van der Waals surface area contributed by atoms with Crippen molar-refractivity contribution in [2.45, 2.75) is 19.9 Å². The van der Waals surface area contributed by atoms with E-state index in [9.17, 15) is 0 Å². The standard InChI is InChI=1S/C11H13ClN2S/c1-7-3-4-10(9(12)5-7)14-11-13-8(2)6-15-11/h3-5,8H,6H2,1-2H3,(H,13,14). The van der Waals surface area contributed by atoms with Crippen LogP contribution in [-0.2, 0) is 0 Å². The highest BCUT2D eigenvalue weighted by atomic mass is 35.5. The molecule has 0 saturated carbocycles. The molecule has 0 fully saturated rings. The molecule has 0 bridgehead atoms. The van der Waals surface area contributed by atoms with Gasteiger partial charge in [-0.15, -0.1) is 0 Å². The van der Waals surface area contributed by atoms with Gasteiger partial charge in [0.1, 0.15) is 0 Å². The molecule has 1 aromatic rings. The van der Waals surface area contributed by atoms with Crippen LogP contribution in [0.5, 0.6) is 0 Å². The van der Waals surface area contributed by atoms with E-state index in [-0.39, 0.29) is 0 Å². The third-order valence-electron chi connectivity index (χ3n) is 2.17. The van der Waals surface area contributed by atoms with Crippen LogP contribution < -0.4 is 5.32 Å². The fraction of sp³-hybridized carbons (Fsp3) is 0.364. The zero-order valence-electron chi connectivity index (χ0n) is 8.75. The van der Waals surface area contributed by atoms with Crippen LogP contribution in [0.3, 0.4) is 0 Å². The van der Waals surface area contributed by atoms with Crippen LogP contribution in [0, 0.1) is 6.92 Å². The molecule has 1 N–H and O–H groups in total. The summed E-state index contributed by atoms with van der Waals surface area (Å²) in [5.41, 5.74) is 2.10. The molecule has 1 atom stereocenters. The lowest BCUT2D eigenvalue weighted by molar-refractivity contribution is 0.865. The summed E-state index contributed by atoms with van der Waals surface area (Å²) in [7, 11) is 0. The topological polar surface area (TPSA) is 24.4 Å². The Morgan fingerprint density at radius 1 is 1.53 bits per heavy atom. The zero-order chi connectivity index (χ0) is 10.8. The monoisotopic (exact) mass is 240 g/mol. The van der Waals surface area contributed by atoms with Gasteiger partial charge in [-0.05, 0) is 31.5 Å². The molecule has 0 saturated heterocycles. The molecular weight excluding hydrogens is 228 g/mol. The zero-order valence-corrected chi connectivity index (χ0v) is 10.3. The molecule has 1 heterocycles. The average Bonchev–Trinajstić information content (AvgIpc) is 2.56. The fourth-order valence-corrected chi connectivity index (χ4v) is 2.57. The third kappa shape index (κ3) is 2.67. The number of rotatable bonds is 1. The Morgan fingerprint density at radius 3 is 2.93 bits per heavy atom. The average molecular weight is 241 g/mol. The summed E-state index contributed by atoms with van der Waals surface area (Å²) in [6, 6.07) is 6.39. The van der Waals surface area contributed by atoms with Crippen molar-refractivity contribution in [3.63, 3.8) is 0 Å². The second-order valence-electron chi connectivity index (χ2n) is 3.70. The van der Waals surface area contributed by atoms with Crippen LogP contribution in [-0.4, -0.2) is 17.0 Å². The molecule has 80 valence electrons. The molecule has 2 nitrogen and oxygen atoms in total. The van der Waals surface area contributed by atoms with Crippen LogP contribution in [0.4, 0.5) is 5.69 Å². The van der Waals surface area contributed by atoms with Crippen molar-refractivity contribution in [3.8, 4) is 0 Å². The number of nitrogens with one attached hydrogen (secondary N) is 1. The molecule has 1 aromatic carbocycles. The Morgan fingerprint density at radius 2 is 2.33 bits per heavy atom. The number of anilines is 1. The molecule has 0 spiro atoms. The van der Waals surface area contributed by atoms with Gasteiger partial charge >= 0.3 is 0 Å². The number of hydrogen-bond donors (Lipinski definition) is 1. The Hall–Kier alpha value is -0.670. The maximum Gasteiger partial charge on any atom is 0.161 e. The number of halogens is 1. The van der Waals surface area contributed by atoms with Gasteiger partial charge in [0.05, 0.1) is 16.8 Å². The van der Waals surface area contributed by atoms with Crippen molar-refractivity contribution in [1.29, 1.82) is 0 Å². The summed E-state index contributed by atoms with van der Waals surface area (Å²) in [4.78, 5) is 4.46. The van der Waals surface area contributed by atoms with Gasteiger partial charge < -0.3 is 5.32 Å². The number of aliphatic imine (C=N–C) groups is 1. The molecule has 0 aromatic heterocycles. The molecule has 1 aliphatic rings. The summed E-state index contributed by atoms with van der Waals surface area (Å²) in [6.07, 6.45) is 0. The summed E-state index contributed by atoms with van der Waals surface area (Å²) >= 11 is 7.86. The van der Waals surface area contributed by atoms with E-state index in [1.807, 2.05) is 25.1 Å². The number of amidine groups is 1.